The molecule has 2 aromatic carbocycles. The SMILES string of the molecule is COC(=O)c1ccc(OC)c(NC(=O)CSCc2ccc(Cl)cc2F)c1. The van der Waals surface area contributed by atoms with Crippen molar-refractivity contribution in [3.8, 4) is 5.75 Å². The normalized spacial score (nSPS) is 10.3. The first-order valence-electron chi connectivity index (χ1n) is 7.52. The Hall–Kier alpha value is -2.25. The first-order valence-corrected chi connectivity index (χ1v) is 9.05. The van der Waals surface area contributed by atoms with Gasteiger partial charge in [0.1, 0.15) is 11.6 Å². The van der Waals surface area contributed by atoms with E-state index in [-0.39, 0.29) is 11.7 Å². The molecule has 8 heteroatoms. The van der Waals surface area contributed by atoms with Crippen LogP contribution in [0.2, 0.25) is 5.02 Å². The Balaban J connectivity index is 1.97. The number of rotatable bonds is 7. The first-order chi connectivity index (χ1) is 12.4. The second-order valence-electron chi connectivity index (χ2n) is 5.18. The summed E-state index contributed by atoms with van der Waals surface area (Å²) in [6.07, 6.45) is 0. The van der Waals surface area contributed by atoms with E-state index in [1.807, 2.05) is 0 Å². The van der Waals surface area contributed by atoms with Crippen LogP contribution in [0.5, 0.6) is 5.75 Å². The zero-order valence-electron chi connectivity index (χ0n) is 14.2. The van der Waals surface area contributed by atoms with Crippen LogP contribution < -0.4 is 10.1 Å². The van der Waals surface area contributed by atoms with Gasteiger partial charge in [-0.05, 0) is 35.9 Å². The molecule has 5 nitrogen and oxygen atoms in total. The fourth-order valence-electron chi connectivity index (χ4n) is 2.13. The predicted octanol–water partition coefficient (Wildman–Crippen LogP) is 4.15. The number of halogens is 2. The van der Waals surface area contributed by atoms with Gasteiger partial charge < -0.3 is 14.8 Å². The number of thioether (sulfide) groups is 1. The van der Waals surface area contributed by atoms with Crippen molar-refractivity contribution in [2.75, 3.05) is 25.3 Å². The number of esters is 1. The molecule has 1 amide bonds. The first kappa shape index (κ1) is 20.1. The second-order valence-corrected chi connectivity index (χ2v) is 6.61. The Bertz CT molecular complexity index is 816. The standard InChI is InChI=1S/C18H17ClFNO4S/c1-24-16-6-4-11(18(23)25-2)7-15(16)21-17(22)10-26-9-12-3-5-13(19)8-14(12)20/h3-8H,9-10H2,1-2H3,(H,21,22). The lowest BCUT2D eigenvalue weighted by atomic mass is 10.2. The van der Waals surface area contributed by atoms with Crippen LogP contribution in [0.3, 0.4) is 0 Å². The van der Waals surface area contributed by atoms with Crippen LogP contribution in [0, 0.1) is 5.82 Å². The van der Waals surface area contributed by atoms with Gasteiger partial charge in [-0.1, -0.05) is 17.7 Å². The molecule has 2 rings (SSSR count). The number of ether oxygens (including phenoxy) is 2. The van der Waals surface area contributed by atoms with Gasteiger partial charge in [0.15, 0.2) is 0 Å². The summed E-state index contributed by atoms with van der Waals surface area (Å²) in [6.45, 7) is 0. The third kappa shape index (κ3) is 5.37. The molecule has 0 aliphatic heterocycles. The Morgan fingerprint density at radius 3 is 2.62 bits per heavy atom. The lowest BCUT2D eigenvalue weighted by Crippen LogP contribution is -2.15. The molecule has 2 aromatic rings. The molecule has 0 atom stereocenters. The molecule has 0 unspecified atom stereocenters. The molecule has 0 fully saturated rings. The lowest BCUT2D eigenvalue weighted by Gasteiger charge is -2.11. The van der Waals surface area contributed by atoms with E-state index in [4.69, 9.17) is 16.3 Å². The summed E-state index contributed by atoms with van der Waals surface area (Å²) in [6, 6.07) is 9.01. The van der Waals surface area contributed by atoms with E-state index in [0.717, 1.165) is 0 Å². The number of amides is 1. The van der Waals surface area contributed by atoms with Gasteiger partial charge in [-0.2, -0.15) is 0 Å². The molecular weight excluding hydrogens is 381 g/mol. The number of anilines is 1. The molecule has 26 heavy (non-hydrogen) atoms. The molecule has 138 valence electrons. The maximum absolute atomic E-state index is 13.7. The summed E-state index contributed by atoms with van der Waals surface area (Å²) in [5.41, 5.74) is 1.12. The number of hydrogen-bond donors (Lipinski definition) is 1. The van der Waals surface area contributed by atoms with Crippen molar-refractivity contribution in [2.24, 2.45) is 0 Å². The van der Waals surface area contributed by atoms with Crippen LogP contribution in [0.1, 0.15) is 15.9 Å². The highest BCUT2D eigenvalue weighted by Gasteiger charge is 2.13. The highest BCUT2D eigenvalue weighted by Crippen LogP contribution is 2.26. The average molecular weight is 398 g/mol. The van der Waals surface area contributed by atoms with E-state index in [0.29, 0.717) is 33.3 Å². The topological polar surface area (TPSA) is 64.6 Å². The maximum atomic E-state index is 13.7. The molecular formula is C18H17ClFNO4S. The van der Waals surface area contributed by atoms with Crippen molar-refractivity contribution in [3.63, 3.8) is 0 Å². The number of benzene rings is 2. The van der Waals surface area contributed by atoms with E-state index in [1.54, 1.807) is 24.3 Å². The minimum atomic E-state index is -0.518. The van der Waals surface area contributed by atoms with Gasteiger partial charge in [-0.3, -0.25) is 4.79 Å². The van der Waals surface area contributed by atoms with Crippen molar-refractivity contribution in [1.29, 1.82) is 0 Å². The molecule has 0 aliphatic rings. The fourth-order valence-corrected chi connectivity index (χ4v) is 3.10. The van der Waals surface area contributed by atoms with Gasteiger partial charge in [0.25, 0.3) is 0 Å². The number of carbonyl (C=O) groups excluding carboxylic acids is 2. The second kappa shape index (κ2) is 9.45. The third-order valence-electron chi connectivity index (χ3n) is 3.40. The largest absolute Gasteiger partial charge is 0.495 e. The highest BCUT2D eigenvalue weighted by molar-refractivity contribution is 7.99. The minimum absolute atomic E-state index is 0.105. The molecule has 0 aliphatic carbocycles. The van der Waals surface area contributed by atoms with Crippen LogP contribution in [0.25, 0.3) is 0 Å². The molecule has 0 heterocycles. The van der Waals surface area contributed by atoms with Crippen LogP contribution in [-0.2, 0) is 15.3 Å². The average Bonchev–Trinajstić information content (AvgIpc) is 2.62. The summed E-state index contributed by atoms with van der Waals surface area (Å²) >= 11 is 6.96. The summed E-state index contributed by atoms with van der Waals surface area (Å²) in [7, 11) is 2.73. The minimum Gasteiger partial charge on any atom is -0.495 e. The van der Waals surface area contributed by atoms with E-state index in [1.165, 1.54) is 38.1 Å². The van der Waals surface area contributed by atoms with E-state index >= 15 is 0 Å². The number of nitrogens with one attached hydrogen (secondary N) is 1. The van der Waals surface area contributed by atoms with E-state index in [9.17, 15) is 14.0 Å². The summed E-state index contributed by atoms with van der Waals surface area (Å²) in [4.78, 5) is 23.8. The quantitative estimate of drug-likeness (QED) is 0.711. The van der Waals surface area contributed by atoms with Crippen molar-refractivity contribution in [3.05, 3.63) is 58.4 Å². The summed E-state index contributed by atoms with van der Waals surface area (Å²) in [5.74, 6) is -0.373. The van der Waals surface area contributed by atoms with Crippen LogP contribution >= 0.6 is 23.4 Å². The van der Waals surface area contributed by atoms with Crippen LogP contribution in [0.15, 0.2) is 36.4 Å². The molecule has 0 saturated heterocycles. The van der Waals surface area contributed by atoms with Crippen molar-refractivity contribution >= 4 is 40.9 Å². The number of carbonyl (C=O) groups is 2. The third-order valence-corrected chi connectivity index (χ3v) is 4.62. The molecule has 0 saturated carbocycles. The van der Waals surface area contributed by atoms with Crippen molar-refractivity contribution < 1.29 is 23.5 Å². The van der Waals surface area contributed by atoms with Gasteiger partial charge in [-0.25, -0.2) is 9.18 Å². The molecule has 0 spiro atoms. The van der Waals surface area contributed by atoms with Gasteiger partial charge in [0.05, 0.1) is 31.2 Å². The van der Waals surface area contributed by atoms with E-state index in [2.05, 4.69) is 10.1 Å². The maximum Gasteiger partial charge on any atom is 0.337 e. The zero-order valence-corrected chi connectivity index (χ0v) is 15.7. The predicted molar refractivity (Wildman–Crippen MR) is 101 cm³/mol. The van der Waals surface area contributed by atoms with Gasteiger partial charge in [-0.15, -0.1) is 11.8 Å². The Morgan fingerprint density at radius 2 is 1.96 bits per heavy atom. The summed E-state index contributed by atoms with van der Waals surface area (Å²) in [5, 5.41) is 3.01. The molecule has 0 aromatic heterocycles. The van der Waals surface area contributed by atoms with Crippen molar-refractivity contribution in [2.45, 2.75) is 5.75 Å². The molecule has 1 N–H and O–H groups in total. The lowest BCUT2D eigenvalue weighted by molar-refractivity contribution is -0.113. The fraction of sp³-hybridized carbons (Fsp3) is 0.222. The molecule has 0 bridgehead atoms. The number of methoxy groups -OCH3 is 2. The van der Waals surface area contributed by atoms with Crippen LogP contribution in [0.4, 0.5) is 10.1 Å². The van der Waals surface area contributed by atoms with Crippen LogP contribution in [-0.4, -0.2) is 31.8 Å². The van der Waals surface area contributed by atoms with Gasteiger partial charge in [0.2, 0.25) is 5.91 Å². The summed E-state index contributed by atoms with van der Waals surface area (Å²) < 4.78 is 23.6. The highest BCUT2D eigenvalue weighted by atomic mass is 35.5. The Labute approximate surface area is 159 Å². The van der Waals surface area contributed by atoms with E-state index < -0.39 is 11.8 Å². The Morgan fingerprint density at radius 1 is 1.19 bits per heavy atom. The number of hydrogen-bond acceptors (Lipinski definition) is 5. The smallest absolute Gasteiger partial charge is 0.337 e. The van der Waals surface area contributed by atoms with Crippen molar-refractivity contribution in [1.82, 2.24) is 0 Å². The molecule has 0 radical (unpaired) electrons. The van der Waals surface area contributed by atoms with Gasteiger partial charge in [0, 0.05) is 10.8 Å². The van der Waals surface area contributed by atoms with Gasteiger partial charge >= 0.3 is 5.97 Å². The monoisotopic (exact) mass is 397 g/mol. The zero-order chi connectivity index (χ0) is 19.1. The Kier molecular flexibility index (Phi) is 7.29.